The number of benzene rings is 10. The first-order chi connectivity index (χ1) is 36.2. The highest BCUT2D eigenvalue weighted by molar-refractivity contribution is 7.99. The Bertz CT molecular complexity index is 4190. The normalized spacial score (nSPS) is 15.5. The molecule has 4 heteroatoms. The predicted octanol–water partition coefficient (Wildman–Crippen LogP) is 18.0. The van der Waals surface area contributed by atoms with E-state index in [9.17, 15) is 0 Å². The predicted molar refractivity (Wildman–Crippen MR) is 298 cm³/mol. The maximum Gasteiger partial charge on any atom is 0.137 e. The third kappa shape index (κ3) is 5.51. The van der Waals surface area contributed by atoms with Gasteiger partial charge in [-0.2, -0.15) is 0 Å². The summed E-state index contributed by atoms with van der Waals surface area (Å²) in [4.78, 5) is 5.02. The Hall–Kier alpha value is -8.83. The summed E-state index contributed by atoms with van der Waals surface area (Å²) in [6.45, 7) is 0. The van der Waals surface area contributed by atoms with Crippen LogP contribution < -0.4 is 9.64 Å². The quantitative estimate of drug-likeness (QED) is 0.176. The summed E-state index contributed by atoms with van der Waals surface area (Å²) in [5.41, 5.74) is 21.3. The highest BCUT2D eigenvalue weighted by Gasteiger charge is 2.53. The Morgan fingerprint density at radius 3 is 1.78 bits per heavy atom. The number of fused-ring (bicyclic) bond motifs is 20. The highest BCUT2D eigenvalue weighted by Crippen LogP contribution is 2.64. The molecule has 0 unspecified atom stereocenters. The standard InChI is InChI=1S/C69H43NO2S/c1-2-29-56-62(33-3-1)72-63-38-37-46(42-58(63)68(56)52-25-9-4-20-47(52)48-21-5-10-26-53(48)68)70(60-31-17-34-64-67(60)51-24-8-14-32-61(51)71-64)45-19-16-18-43(40-45)44-36-39-66-59(41-44)69(57-30-13-15-35-65(57)73-66)54-27-11-6-22-49(54)50-23-7-12-28-55(50)69/h1-32,34-42H,33H2. The summed E-state index contributed by atoms with van der Waals surface area (Å²) in [6.07, 6.45) is 9.52. The van der Waals surface area contributed by atoms with Gasteiger partial charge in [0.15, 0.2) is 0 Å². The van der Waals surface area contributed by atoms with Crippen molar-refractivity contribution >= 4 is 50.8 Å². The molecular weight excluding hydrogens is 907 g/mol. The molecule has 1 aromatic heterocycles. The SMILES string of the molecule is C1=CCC2=C(C=C1)C1(c3cc(N(c4cccc(-c5ccc6c(c5)C5(c7ccccc7S6)c6ccccc6-c6ccccc65)c4)c4cccc5oc6ccccc6c45)ccc3O2)c2ccccc2-c2ccccc21. The van der Waals surface area contributed by atoms with E-state index in [0.29, 0.717) is 6.42 Å². The number of para-hydroxylation sites is 1. The van der Waals surface area contributed by atoms with E-state index in [0.717, 1.165) is 61.6 Å². The summed E-state index contributed by atoms with van der Waals surface area (Å²) in [5, 5.41) is 2.14. The molecule has 0 N–H and O–H groups in total. The average Bonchev–Trinajstić information content (AvgIpc) is 4.00. The molecule has 342 valence electrons. The van der Waals surface area contributed by atoms with Gasteiger partial charge in [0.2, 0.25) is 0 Å². The Kier molecular flexibility index (Phi) is 8.58. The van der Waals surface area contributed by atoms with Gasteiger partial charge in [0.05, 0.1) is 21.9 Å². The number of nitrogens with zero attached hydrogens (tertiary/aromatic N) is 1. The summed E-state index contributed by atoms with van der Waals surface area (Å²) < 4.78 is 13.7. The minimum absolute atomic E-state index is 0.474. The molecule has 0 fully saturated rings. The van der Waals surface area contributed by atoms with Gasteiger partial charge in [-0.3, -0.25) is 0 Å². The average molecular weight is 950 g/mol. The molecule has 0 saturated carbocycles. The molecule has 3 heterocycles. The summed E-state index contributed by atoms with van der Waals surface area (Å²) in [5.74, 6) is 1.85. The molecule has 11 aromatic rings. The van der Waals surface area contributed by atoms with Crippen molar-refractivity contribution in [1.29, 1.82) is 0 Å². The van der Waals surface area contributed by atoms with Crippen LogP contribution in [0.3, 0.4) is 0 Å². The van der Waals surface area contributed by atoms with Gasteiger partial charge < -0.3 is 14.1 Å². The fraction of sp³-hybridized carbons (Fsp3) is 0.0435. The lowest BCUT2D eigenvalue weighted by Gasteiger charge is -2.41. The number of rotatable bonds is 4. The Balaban J connectivity index is 0.931. The van der Waals surface area contributed by atoms with Crippen LogP contribution in [0.2, 0.25) is 0 Å². The number of allylic oxidation sites excluding steroid dienone is 5. The van der Waals surface area contributed by atoms with Crippen LogP contribution in [0.15, 0.2) is 274 Å². The molecule has 10 aromatic carbocycles. The van der Waals surface area contributed by atoms with E-state index in [1.54, 1.807) is 0 Å². The number of hydrogen-bond donors (Lipinski definition) is 0. The number of anilines is 3. The molecule has 5 aliphatic rings. The molecule has 3 nitrogen and oxygen atoms in total. The van der Waals surface area contributed by atoms with E-state index in [1.807, 2.05) is 11.8 Å². The molecule has 3 aliphatic carbocycles. The lowest BCUT2D eigenvalue weighted by atomic mass is 9.65. The molecule has 0 amide bonds. The summed E-state index contributed by atoms with van der Waals surface area (Å²) >= 11 is 1.88. The topological polar surface area (TPSA) is 25.6 Å². The number of ether oxygens (including phenoxy) is 1. The second kappa shape index (κ2) is 15.3. The van der Waals surface area contributed by atoms with Crippen molar-refractivity contribution < 1.29 is 9.15 Å². The minimum Gasteiger partial charge on any atom is -0.461 e. The summed E-state index contributed by atoms with van der Waals surface area (Å²) in [7, 11) is 0. The second-order valence-corrected chi connectivity index (χ2v) is 20.8. The first-order valence-electron chi connectivity index (χ1n) is 25.2. The van der Waals surface area contributed by atoms with Crippen LogP contribution in [0.25, 0.3) is 55.3 Å². The van der Waals surface area contributed by atoms with Gasteiger partial charge in [-0.15, -0.1) is 0 Å². The summed E-state index contributed by atoms with van der Waals surface area (Å²) in [6, 6.07) is 83.1. The van der Waals surface area contributed by atoms with Crippen molar-refractivity contribution in [1.82, 2.24) is 0 Å². The van der Waals surface area contributed by atoms with Crippen molar-refractivity contribution in [3.05, 3.63) is 299 Å². The van der Waals surface area contributed by atoms with Crippen molar-refractivity contribution in [2.75, 3.05) is 4.90 Å². The molecule has 0 radical (unpaired) electrons. The zero-order valence-corrected chi connectivity index (χ0v) is 40.4. The smallest absolute Gasteiger partial charge is 0.137 e. The van der Waals surface area contributed by atoms with E-state index >= 15 is 0 Å². The first kappa shape index (κ1) is 40.9. The van der Waals surface area contributed by atoms with Crippen molar-refractivity contribution in [2.45, 2.75) is 27.0 Å². The Labute approximate surface area is 427 Å². The molecular formula is C69H43NO2S. The van der Waals surface area contributed by atoms with Crippen LogP contribution in [-0.4, -0.2) is 0 Å². The van der Waals surface area contributed by atoms with E-state index in [2.05, 4.69) is 254 Å². The lowest BCUT2D eigenvalue weighted by molar-refractivity contribution is 0.377. The van der Waals surface area contributed by atoms with Gasteiger partial charge in [0, 0.05) is 44.1 Å². The molecule has 2 spiro atoms. The van der Waals surface area contributed by atoms with E-state index in [-0.39, 0.29) is 0 Å². The van der Waals surface area contributed by atoms with Crippen LogP contribution in [0.4, 0.5) is 17.1 Å². The van der Waals surface area contributed by atoms with Crippen molar-refractivity contribution in [3.8, 4) is 39.1 Å². The highest BCUT2D eigenvalue weighted by atomic mass is 32.2. The largest absolute Gasteiger partial charge is 0.461 e. The van der Waals surface area contributed by atoms with Crippen molar-refractivity contribution in [2.24, 2.45) is 0 Å². The van der Waals surface area contributed by atoms with Gasteiger partial charge in [-0.1, -0.05) is 194 Å². The van der Waals surface area contributed by atoms with Crippen LogP contribution in [0.5, 0.6) is 5.75 Å². The van der Waals surface area contributed by atoms with Crippen molar-refractivity contribution in [3.63, 3.8) is 0 Å². The van der Waals surface area contributed by atoms with Crippen LogP contribution in [0, 0.1) is 0 Å². The maximum absolute atomic E-state index is 7.06. The van der Waals surface area contributed by atoms with Gasteiger partial charge in [0.25, 0.3) is 0 Å². The number of furan rings is 1. The zero-order valence-electron chi connectivity index (χ0n) is 39.6. The molecule has 16 rings (SSSR count). The van der Waals surface area contributed by atoms with E-state index < -0.39 is 10.8 Å². The molecule has 73 heavy (non-hydrogen) atoms. The van der Waals surface area contributed by atoms with E-state index in [1.165, 1.54) is 76.6 Å². The van der Waals surface area contributed by atoms with Gasteiger partial charge in [-0.05, 0) is 133 Å². The van der Waals surface area contributed by atoms with E-state index in [4.69, 9.17) is 9.15 Å². The molecule has 2 aliphatic heterocycles. The monoisotopic (exact) mass is 949 g/mol. The van der Waals surface area contributed by atoms with Gasteiger partial charge in [0.1, 0.15) is 22.7 Å². The fourth-order valence-electron chi connectivity index (χ4n) is 13.4. The molecule has 0 saturated heterocycles. The van der Waals surface area contributed by atoms with Gasteiger partial charge in [-0.25, -0.2) is 0 Å². The second-order valence-electron chi connectivity index (χ2n) is 19.7. The third-order valence-electron chi connectivity index (χ3n) is 16.2. The lowest BCUT2D eigenvalue weighted by Crippen LogP contribution is -2.34. The van der Waals surface area contributed by atoms with Crippen LogP contribution >= 0.6 is 11.8 Å². The Morgan fingerprint density at radius 1 is 0.425 bits per heavy atom. The minimum atomic E-state index is -0.621. The van der Waals surface area contributed by atoms with Gasteiger partial charge >= 0.3 is 0 Å². The first-order valence-corrected chi connectivity index (χ1v) is 26.0. The van der Waals surface area contributed by atoms with Crippen LogP contribution in [-0.2, 0) is 10.8 Å². The Morgan fingerprint density at radius 2 is 1.03 bits per heavy atom. The van der Waals surface area contributed by atoms with Crippen LogP contribution in [0.1, 0.15) is 45.4 Å². The zero-order chi connectivity index (χ0) is 47.8. The molecule has 0 atom stereocenters. The fourth-order valence-corrected chi connectivity index (χ4v) is 14.6. The third-order valence-corrected chi connectivity index (χ3v) is 17.4. The maximum atomic E-state index is 7.06. The number of hydrogen-bond acceptors (Lipinski definition) is 4. The molecule has 0 bridgehead atoms.